The summed E-state index contributed by atoms with van der Waals surface area (Å²) in [5.74, 6) is -0.0457. The van der Waals surface area contributed by atoms with Crippen molar-refractivity contribution in [3.8, 4) is 0 Å². The molecule has 0 fully saturated rings. The Kier molecular flexibility index (Phi) is 4.81. The third-order valence-corrected chi connectivity index (χ3v) is 4.55. The molecule has 3 heterocycles. The van der Waals surface area contributed by atoms with Crippen LogP contribution in [0.5, 0.6) is 0 Å². The third kappa shape index (κ3) is 3.27. The molecule has 0 saturated carbocycles. The summed E-state index contributed by atoms with van der Waals surface area (Å²) in [5, 5.41) is 0.100. The monoisotopic (exact) mass is 358 g/mol. The van der Waals surface area contributed by atoms with Crippen molar-refractivity contribution in [3.63, 3.8) is 0 Å². The fraction of sp³-hybridized carbons (Fsp3) is 0.588. The standard InChI is InChI=1S/C17H21F3N2O3/c1-3-7-24-8-4-14(23)21-5-6-22-13(9-21)11(2)15-12(17(18,19)20)10-25-16(15)22/h10H,3-9H2,1-2H3. The van der Waals surface area contributed by atoms with E-state index in [9.17, 15) is 18.0 Å². The van der Waals surface area contributed by atoms with Gasteiger partial charge in [-0.05, 0) is 18.9 Å². The van der Waals surface area contributed by atoms with Gasteiger partial charge in [0.05, 0.1) is 25.0 Å². The Labute approximate surface area is 143 Å². The molecule has 3 rings (SSSR count). The highest BCUT2D eigenvalue weighted by Gasteiger charge is 2.38. The van der Waals surface area contributed by atoms with Gasteiger partial charge in [0.2, 0.25) is 11.6 Å². The highest BCUT2D eigenvalue weighted by Crippen LogP contribution is 2.40. The van der Waals surface area contributed by atoms with Crippen molar-refractivity contribution in [2.45, 2.75) is 46.0 Å². The van der Waals surface area contributed by atoms with Crippen LogP contribution in [0, 0.1) is 6.92 Å². The molecule has 1 amide bonds. The van der Waals surface area contributed by atoms with Crippen LogP contribution in [0.3, 0.4) is 0 Å². The zero-order valence-electron chi connectivity index (χ0n) is 14.3. The van der Waals surface area contributed by atoms with Crippen LogP contribution >= 0.6 is 0 Å². The number of hydrogen-bond acceptors (Lipinski definition) is 3. The van der Waals surface area contributed by atoms with E-state index >= 15 is 0 Å². The number of carbonyl (C=O) groups excluding carboxylic acids is 1. The average Bonchev–Trinajstić information content (AvgIpc) is 3.11. The van der Waals surface area contributed by atoms with Crippen LogP contribution in [-0.4, -0.2) is 35.1 Å². The zero-order valence-corrected chi connectivity index (χ0v) is 14.3. The fourth-order valence-electron chi connectivity index (χ4n) is 3.28. The first kappa shape index (κ1) is 17.8. The Bertz CT molecular complexity index is 776. The third-order valence-electron chi connectivity index (χ3n) is 4.55. The number of amides is 1. The molecule has 8 heteroatoms. The van der Waals surface area contributed by atoms with E-state index in [0.29, 0.717) is 44.1 Å². The van der Waals surface area contributed by atoms with Gasteiger partial charge in [0, 0.05) is 25.4 Å². The van der Waals surface area contributed by atoms with Gasteiger partial charge in [-0.3, -0.25) is 4.79 Å². The summed E-state index contributed by atoms with van der Waals surface area (Å²) in [7, 11) is 0. The van der Waals surface area contributed by atoms with Crippen LogP contribution in [0.1, 0.15) is 36.6 Å². The Morgan fingerprint density at radius 3 is 2.76 bits per heavy atom. The predicted molar refractivity (Wildman–Crippen MR) is 85.1 cm³/mol. The number of halogens is 3. The molecular weight excluding hydrogens is 337 g/mol. The molecule has 0 radical (unpaired) electrons. The summed E-state index contributed by atoms with van der Waals surface area (Å²) in [6.07, 6.45) is -2.51. The van der Waals surface area contributed by atoms with Gasteiger partial charge in [0.1, 0.15) is 11.8 Å². The molecule has 0 aromatic carbocycles. The van der Waals surface area contributed by atoms with Gasteiger partial charge < -0.3 is 18.6 Å². The van der Waals surface area contributed by atoms with E-state index < -0.39 is 11.7 Å². The second-order valence-electron chi connectivity index (χ2n) is 6.23. The molecule has 5 nitrogen and oxygen atoms in total. The zero-order chi connectivity index (χ0) is 18.2. The summed E-state index contributed by atoms with van der Waals surface area (Å²) < 4.78 is 51.7. The first-order chi connectivity index (χ1) is 11.8. The summed E-state index contributed by atoms with van der Waals surface area (Å²) in [5.41, 5.74) is 0.704. The van der Waals surface area contributed by atoms with Crippen molar-refractivity contribution in [1.82, 2.24) is 9.47 Å². The van der Waals surface area contributed by atoms with Crippen molar-refractivity contribution in [3.05, 3.63) is 23.1 Å². The molecule has 0 saturated heterocycles. The quantitative estimate of drug-likeness (QED) is 0.766. The maximum atomic E-state index is 13.2. The molecule has 25 heavy (non-hydrogen) atoms. The van der Waals surface area contributed by atoms with Gasteiger partial charge in [-0.1, -0.05) is 6.92 Å². The number of alkyl halides is 3. The Balaban J connectivity index is 1.81. The lowest BCUT2D eigenvalue weighted by atomic mass is 10.1. The summed E-state index contributed by atoms with van der Waals surface area (Å²) >= 11 is 0. The number of rotatable bonds is 5. The van der Waals surface area contributed by atoms with Crippen molar-refractivity contribution >= 4 is 17.0 Å². The van der Waals surface area contributed by atoms with Crippen molar-refractivity contribution in [2.24, 2.45) is 0 Å². The van der Waals surface area contributed by atoms with Gasteiger partial charge in [0.15, 0.2) is 0 Å². The summed E-state index contributed by atoms with van der Waals surface area (Å²) in [6.45, 7) is 5.79. The largest absolute Gasteiger partial charge is 0.447 e. The Morgan fingerprint density at radius 2 is 2.08 bits per heavy atom. The fourth-order valence-corrected chi connectivity index (χ4v) is 3.28. The number of ether oxygens (including phenoxy) is 1. The van der Waals surface area contributed by atoms with E-state index in [-0.39, 0.29) is 23.4 Å². The smallest absolute Gasteiger partial charge is 0.420 e. The van der Waals surface area contributed by atoms with Crippen LogP contribution in [0.2, 0.25) is 0 Å². The second-order valence-corrected chi connectivity index (χ2v) is 6.23. The normalized spacial score (nSPS) is 15.0. The predicted octanol–water partition coefficient (Wildman–Crippen LogP) is 3.72. The minimum atomic E-state index is -4.46. The molecule has 2 aromatic heterocycles. The van der Waals surface area contributed by atoms with Crippen molar-refractivity contribution in [2.75, 3.05) is 19.8 Å². The van der Waals surface area contributed by atoms with Gasteiger partial charge in [0.25, 0.3) is 0 Å². The number of carbonyl (C=O) groups is 1. The molecule has 2 aromatic rings. The van der Waals surface area contributed by atoms with Gasteiger partial charge >= 0.3 is 6.18 Å². The molecule has 0 N–H and O–H groups in total. The number of fused-ring (bicyclic) bond motifs is 3. The molecule has 0 spiro atoms. The molecule has 138 valence electrons. The first-order valence-electron chi connectivity index (χ1n) is 8.36. The molecular formula is C17H21F3N2O3. The van der Waals surface area contributed by atoms with E-state index in [1.807, 2.05) is 6.92 Å². The lowest BCUT2D eigenvalue weighted by Gasteiger charge is -2.29. The van der Waals surface area contributed by atoms with E-state index in [0.717, 1.165) is 12.7 Å². The number of hydrogen-bond donors (Lipinski definition) is 0. The first-order valence-corrected chi connectivity index (χ1v) is 8.36. The lowest BCUT2D eigenvalue weighted by Crippen LogP contribution is -2.38. The topological polar surface area (TPSA) is 47.6 Å². The van der Waals surface area contributed by atoms with E-state index in [2.05, 4.69) is 0 Å². The number of furan rings is 1. The average molecular weight is 358 g/mol. The van der Waals surface area contributed by atoms with Crippen LogP contribution < -0.4 is 0 Å². The minimum absolute atomic E-state index is 0.0457. The molecule has 0 atom stereocenters. The van der Waals surface area contributed by atoms with Gasteiger partial charge in [-0.15, -0.1) is 0 Å². The van der Waals surface area contributed by atoms with Crippen LogP contribution in [0.25, 0.3) is 11.1 Å². The number of aryl methyl sites for hydroxylation is 1. The second kappa shape index (κ2) is 6.74. The molecule has 0 aliphatic carbocycles. The van der Waals surface area contributed by atoms with Gasteiger partial charge in [-0.25, -0.2) is 0 Å². The van der Waals surface area contributed by atoms with Crippen LogP contribution in [0.15, 0.2) is 10.7 Å². The summed E-state index contributed by atoms with van der Waals surface area (Å²) in [4.78, 5) is 14.0. The highest BCUT2D eigenvalue weighted by atomic mass is 19.4. The van der Waals surface area contributed by atoms with E-state index in [4.69, 9.17) is 9.15 Å². The van der Waals surface area contributed by atoms with Crippen LogP contribution in [0.4, 0.5) is 13.2 Å². The molecule has 1 aliphatic heterocycles. The molecule has 0 unspecified atom stereocenters. The maximum absolute atomic E-state index is 13.2. The number of aromatic nitrogens is 1. The Morgan fingerprint density at radius 1 is 1.32 bits per heavy atom. The van der Waals surface area contributed by atoms with Crippen LogP contribution in [-0.2, 0) is 28.8 Å². The van der Waals surface area contributed by atoms with Crippen molar-refractivity contribution in [1.29, 1.82) is 0 Å². The van der Waals surface area contributed by atoms with Crippen molar-refractivity contribution < 1.29 is 27.1 Å². The lowest BCUT2D eigenvalue weighted by molar-refractivity contribution is -0.137. The molecule has 0 bridgehead atoms. The Hall–Kier alpha value is -1.96. The SMILES string of the molecule is CCCOCCC(=O)N1CCn2c(c(C)c3c(C(F)(F)F)coc32)C1. The van der Waals surface area contributed by atoms with E-state index in [1.165, 1.54) is 0 Å². The van der Waals surface area contributed by atoms with E-state index in [1.54, 1.807) is 16.4 Å². The van der Waals surface area contributed by atoms with Gasteiger partial charge in [-0.2, -0.15) is 13.2 Å². The maximum Gasteiger partial charge on any atom is 0.420 e. The molecule has 1 aliphatic rings. The highest BCUT2D eigenvalue weighted by molar-refractivity contribution is 5.86. The summed E-state index contributed by atoms with van der Waals surface area (Å²) in [6, 6.07) is 0. The minimum Gasteiger partial charge on any atom is -0.447 e. The number of nitrogens with zero attached hydrogens (tertiary/aromatic N) is 2.